The van der Waals surface area contributed by atoms with Gasteiger partial charge in [0.05, 0.1) is 13.2 Å². The minimum atomic E-state index is 0.526. The average Bonchev–Trinajstić information content (AvgIpc) is 2.93. The van der Waals surface area contributed by atoms with E-state index in [2.05, 4.69) is 37.4 Å². The molecule has 2 aliphatic rings. The van der Waals surface area contributed by atoms with E-state index < -0.39 is 0 Å². The molecule has 1 aromatic carbocycles. The van der Waals surface area contributed by atoms with Gasteiger partial charge in [-0.15, -0.1) is 0 Å². The molecule has 0 aromatic heterocycles. The van der Waals surface area contributed by atoms with Crippen molar-refractivity contribution in [1.82, 2.24) is 5.32 Å². The Kier molecular flexibility index (Phi) is 4.42. The Morgan fingerprint density at radius 2 is 1.90 bits per heavy atom. The molecule has 1 aliphatic carbocycles. The summed E-state index contributed by atoms with van der Waals surface area (Å²) in [6.07, 6.45) is 5.51. The van der Waals surface area contributed by atoms with Gasteiger partial charge in [0.15, 0.2) is 0 Å². The first-order valence-electron chi connectivity index (χ1n) is 8.20. The molecule has 0 spiro atoms. The van der Waals surface area contributed by atoms with E-state index in [-0.39, 0.29) is 0 Å². The van der Waals surface area contributed by atoms with Crippen LogP contribution in [0.3, 0.4) is 0 Å². The van der Waals surface area contributed by atoms with Crippen LogP contribution >= 0.6 is 0 Å². The number of hydrogen-bond acceptors (Lipinski definition) is 2. The van der Waals surface area contributed by atoms with Gasteiger partial charge in [-0.25, -0.2) is 0 Å². The predicted octanol–water partition coefficient (Wildman–Crippen LogP) is 4.19. The number of rotatable bonds is 4. The summed E-state index contributed by atoms with van der Waals surface area (Å²) in [5.41, 5.74) is 4.24. The predicted molar refractivity (Wildman–Crippen MR) is 82.5 cm³/mol. The monoisotopic (exact) mass is 273 g/mol. The first kappa shape index (κ1) is 14.1. The van der Waals surface area contributed by atoms with Crippen molar-refractivity contribution in [3.63, 3.8) is 0 Å². The number of fused-ring (bicyclic) bond motifs is 1. The molecule has 1 atom stereocenters. The molecule has 110 valence electrons. The average molecular weight is 273 g/mol. The fourth-order valence-corrected chi connectivity index (χ4v) is 3.78. The normalized spacial score (nSPS) is 27.3. The molecule has 2 nitrogen and oxygen atoms in total. The molecule has 2 heteroatoms. The van der Waals surface area contributed by atoms with Gasteiger partial charge in [0.2, 0.25) is 0 Å². The Balaban J connectivity index is 1.79. The summed E-state index contributed by atoms with van der Waals surface area (Å²) in [5.74, 6) is 1.72. The van der Waals surface area contributed by atoms with Crippen molar-refractivity contribution < 1.29 is 4.74 Å². The van der Waals surface area contributed by atoms with E-state index in [4.69, 9.17) is 4.74 Å². The van der Waals surface area contributed by atoms with Crippen LogP contribution in [0.15, 0.2) is 18.2 Å². The Morgan fingerprint density at radius 3 is 2.65 bits per heavy atom. The number of hydrogen-bond donors (Lipinski definition) is 1. The molecule has 1 fully saturated rings. The lowest BCUT2D eigenvalue weighted by Crippen LogP contribution is -2.30. The van der Waals surface area contributed by atoms with Crippen LogP contribution in [-0.2, 0) is 18.0 Å². The second kappa shape index (κ2) is 6.28. The number of ether oxygens (including phenoxy) is 1. The smallest absolute Gasteiger partial charge is 0.0725 e. The Bertz CT molecular complexity index is 449. The molecule has 1 saturated carbocycles. The van der Waals surface area contributed by atoms with E-state index in [1.54, 1.807) is 0 Å². The van der Waals surface area contributed by atoms with E-state index in [0.717, 1.165) is 31.6 Å². The summed E-state index contributed by atoms with van der Waals surface area (Å²) in [6.45, 7) is 7.25. The summed E-state index contributed by atoms with van der Waals surface area (Å²) in [5, 5.41) is 3.73. The van der Waals surface area contributed by atoms with Gasteiger partial charge in [-0.3, -0.25) is 0 Å². The quantitative estimate of drug-likeness (QED) is 0.888. The SMILES string of the molecule is CCNC(c1ccc2c(c1)COC2)C1CCC(C)CC1. The van der Waals surface area contributed by atoms with E-state index >= 15 is 0 Å². The standard InChI is InChI=1S/C18H27NO/c1-3-19-18(14-6-4-13(2)5-7-14)15-8-9-16-11-20-12-17(16)10-15/h8-10,13-14,18-19H,3-7,11-12H2,1-2H3. The maximum absolute atomic E-state index is 5.55. The third kappa shape index (κ3) is 2.91. The summed E-state index contributed by atoms with van der Waals surface area (Å²) in [4.78, 5) is 0. The third-order valence-electron chi connectivity index (χ3n) is 5.06. The first-order valence-corrected chi connectivity index (χ1v) is 8.20. The molecule has 20 heavy (non-hydrogen) atoms. The molecule has 1 N–H and O–H groups in total. The van der Waals surface area contributed by atoms with Crippen LogP contribution in [0.5, 0.6) is 0 Å². The second-order valence-corrected chi connectivity index (χ2v) is 6.58. The van der Waals surface area contributed by atoms with Gasteiger partial charge in [-0.05, 0) is 47.9 Å². The van der Waals surface area contributed by atoms with Crippen molar-refractivity contribution in [2.24, 2.45) is 11.8 Å². The summed E-state index contributed by atoms with van der Waals surface area (Å²) in [7, 11) is 0. The molecule has 0 bridgehead atoms. The van der Waals surface area contributed by atoms with E-state index in [1.165, 1.54) is 42.4 Å². The number of nitrogens with one attached hydrogen (secondary N) is 1. The summed E-state index contributed by atoms with van der Waals surface area (Å²) >= 11 is 0. The Morgan fingerprint density at radius 1 is 1.15 bits per heavy atom. The Labute approximate surface area is 122 Å². The molecule has 0 radical (unpaired) electrons. The third-order valence-corrected chi connectivity index (χ3v) is 5.06. The first-order chi connectivity index (χ1) is 9.78. The molecular weight excluding hydrogens is 246 g/mol. The molecule has 0 amide bonds. The number of benzene rings is 1. The zero-order valence-corrected chi connectivity index (χ0v) is 12.8. The van der Waals surface area contributed by atoms with Crippen molar-refractivity contribution in [2.75, 3.05) is 6.54 Å². The van der Waals surface area contributed by atoms with Crippen molar-refractivity contribution in [1.29, 1.82) is 0 Å². The van der Waals surface area contributed by atoms with Gasteiger partial charge in [0, 0.05) is 6.04 Å². The van der Waals surface area contributed by atoms with Gasteiger partial charge >= 0.3 is 0 Å². The van der Waals surface area contributed by atoms with Crippen molar-refractivity contribution in [3.05, 3.63) is 34.9 Å². The highest BCUT2D eigenvalue weighted by molar-refractivity contribution is 5.35. The molecule has 1 heterocycles. The lowest BCUT2D eigenvalue weighted by molar-refractivity contribution is 0.134. The zero-order chi connectivity index (χ0) is 13.9. The fraction of sp³-hybridized carbons (Fsp3) is 0.667. The van der Waals surface area contributed by atoms with Gasteiger partial charge in [-0.2, -0.15) is 0 Å². The maximum Gasteiger partial charge on any atom is 0.0725 e. The van der Waals surface area contributed by atoms with Crippen molar-refractivity contribution in [2.45, 2.75) is 58.8 Å². The van der Waals surface area contributed by atoms with Crippen molar-refractivity contribution >= 4 is 0 Å². The molecular formula is C18H27NO. The summed E-state index contributed by atoms with van der Waals surface area (Å²) in [6, 6.07) is 7.50. The molecule has 3 rings (SSSR count). The van der Waals surface area contributed by atoms with Crippen LogP contribution in [0.4, 0.5) is 0 Å². The second-order valence-electron chi connectivity index (χ2n) is 6.58. The molecule has 0 saturated heterocycles. The van der Waals surface area contributed by atoms with Crippen LogP contribution < -0.4 is 5.32 Å². The Hall–Kier alpha value is -0.860. The van der Waals surface area contributed by atoms with Crippen LogP contribution in [0, 0.1) is 11.8 Å². The highest BCUT2D eigenvalue weighted by Gasteiger charge is 2.27. The summed E-state index contributed by atoms with van der Waals surface area (Å²) < 4.78 is 5.55. The lowest BCUT2D eigenvalue weighted by Gasteiger charge is -2.33. The topological polar surface area (TPSA) is 21.3 Å². The highest BCUT2D eigenvalue weighted by Crippen LogP contribution is 2.37. The highest BCUT2D eigenvalue weighted by atomic mass is 16.5. The van der Waals surface area contributed by atoms with Gasteiger partial charge in [0.25, 0.3) is 0 Å². The van der Waals surface area contributed by atoms with Crippen molar-refractivity contribution in [3.8, 4) is 0 Å². The minimum absolute atomic E-state index is 0.526. The van der Waals surface area contributed by atoms with E-state index in [9.17, 15) is 0 Å². The zero-order valence-electron chi connectivity index (χ0n) is 12.8. The van der Waals surface area contributed by atoms with E-state index in [1.807, 2.05) is 0 Å². The molecule has 1 unspecified atom stereocenters. The fourth-order valence-electron chi connectivity index (χ4n) is 3.78. The van der Waals surface area contributed by atoms with Gasteiger partial charge in [-0.1, -0.05) is 44.9 Å². The van der Waals surface area contributed by atoms with Crippen LogP contribution in [0.25, 0.3) is 0 Å². The lowest BCUT2D eigenvalue weighted by atomic mass is 9.77. The van der Waals surface area contributed by atoms with Crippen LogP contribution in [0.1, 0.15) is 62.3 Å². The van der Waals surface area contributed by atoms with Gasteiger partial charge in [0.1, 0.15) is 0 Å². The van der Waals surface area contributed by atoms with Crippen LogP contribution in [0.2, 0.25) is 0 Å². The van der Waals surface area contributed by atoms with Gasteiger partial charge < -0.3 is 10.1 Å². The largest absolute Gasteiger partial charge is 0.372 e. The molecule has 1 aromatic rings. The van der Waals surface area contributed by atoms with E-state index in [0.29, 0.717) is 6.04 Å². The minimum Gasteiger partial charge on any atom is -0.372 e. The maximum atomic E-state index is 5.55. The molecule has 1 aliphatic heterocycles. The van der Waals surface area contributed by atoms with Crippen LogP contribution in [-0.4, -0.2) is 6.54 Å².